The minimum absolute atomic E-state index is 0.547. The number of H-pyrrole nitrogens is 1. The Morgan fingerprint density at radius 2 is 2.27 bits per heavy atom. The zero-order chi connectivity index (χ0) is 10.3. The van der Waals surface area contributed by atoms with Gasteiger partial charge in [0, 0.05) is 17.8 Å². The van der Waals surface area contributed by atoms with Crippen LogP contribution in [-0.2, 0) is 0 Å². The van der Waals surface area contributed by atoms with Gasteiger partial charge in [0.15, 0.2) is 0 Å². The molecule has 5 heteroatoms. The van der Waals surface area contributed by atoms with Crippen molar-refractivity contribution in [2.24, 2.45) is 0 Å². The average molecular weight is 199 g/mol. The monoisotopic (exact) mass is 199 g/mol. The Hall–Kier alpha value is -2.30. The first kappa shape index (κ1) is 8.05. The average Bonchev–Trinajstić information content (AvgIpc) is 2.85. The second-order valence-corrected chi connectivity index (χ2v) is 3.25. The highest BCUT2D eigenvalue weighted by Gasteiger charge is 2.05. The number of rotatable bonds is 1. The first-order valence-corrected chi connectivity index (χ1v) is 4.56. The zero-order valence-electron chi connectivity index (χ0n) is 7.88. The number of nitrogens with two attached hydrogens (primary N) is 1. The molecule has 0 unspecified atom stereocenters. The topological polar surface area (TPSA) is 72.5 Å². The van der Waals surface area contributed by atoms with Crippen molar-refractivity contribution in [2.75, 3.05) is 5.73 Å². The Labute approximate surface area is 85.6 Å². The summed E-state index contributed by atoms with van der Waals surface area (Å²) in [6.07, 6.45) is 7.04. The summed E-state index contributed by atoms with van der Waals surface area (Å²) in [5.74, 6) is 1.46. The highest BCUT2D eigenvalue weighted by Crippen LogP contribution is 2.21. The van der Waals surface area contributed by atoms with Crippen LogP contribution in [0, 0.1) is 0 Å². The number of hydrogen-bond donors (Lipinski definition) is 2. The van der Waals surface area contributed by atoms with Crippen LogP contribution in [-0.4, -0.2) is 19.5 Å². The SMILES string of the molecule is Nc1nccc2c1ccn2-c1cnc[nH]1. The van der Waals surface area contributed by atoms with Crippen LogP contribution in [0.15, 0.2) is 37.1 Å². The number of nitrogens with one attached hydrogen (secondary N) is 1. The molecule has 0 atom stereocenters. The fourth-order valence-electron chi connectivity index (χ4n) is 1.68. The number of aromatic nitrogens is 4. The molecule has 3 N–H and O–H groups in total. The Balaban J connectivity index is 2.34. The third-order valence-electron chi connectivity index (χ3n) is 2.39. The maximum atomic E-state index is 5.77. The smallest absolute Gasteiger partial charge is 0.134 e. The molecule has 0 aromatic carbocycles. The lowest BCUT2D eigenvalue weighted by molar-refractivity contribution is 1.07. The summed E-state index contributed by atoms with van der Waals surface area (Å²) in [6, 6.07) is 3.87. The van der Waals surface area contributed by atoms with Crippen molar-refractivity contribution in [3.8, 4) is 5.82 Å². The Morgan fingerprint density at radius 1 is 1.33 bits per heavy atom. The largest absolute Gasteiger partial charge is 0.383 e. The standard InChI is InChI=1S/C10H9N5/c11-10-7-2-4-15(8(7)1-3-13-10)9-5-12-6-14-9/h1-6H,(H2,11,13)(H,12,14). The number of fused-ring (bicyclic) bond motifs is 1. The number of aromatic amines is 1. The van der Waals surface area contributed by atoms with Gasteiger partial charge in [-0.25, -0.2) is 9.97 Å². The second-order valence-electron chi connectivity index (χ2n) is 3.25. The maximum Gasteiger partial charge on any atom is 0.134 e. The number of nitrogens with zero attached hydrogens (tertiary/aromatic N) is 3. The molecule has 0 saturated heterocycles. The normalized spacial score (nSPS) is 10.9. The molecule has 5 nitrogen and oxygen atoms in total. The molecule has 0 fully saturated rings. The van der Waals surface area contributed by atoms with Gasteiger partial charge in [0.2, 0.25) is 0 Å². The summed E-state index contributed by atoms with van der Waals surface area (Å²) in [4.78, 5) is 11.1. The molecule has 3 aromatic heterocycles. The Kier molecular flexibility index (Phi) is 1.53. The summed E-state index contributed by atoms with van der Waals surface area (Å²) >= 11 is 0. The molecule has 3 aromatic rings. The van der Waals surface area contributed by atoms with Crippen LogP contribution in [0.2, 0.25) is 0 Å². The summed E-state index contributed by atoms with van der Waals surface area (Å²) in [5, 5.41) is 0.951. The van der Waals surface area contributed by atoms with Crippen LogP contribution in [0.4, 0.5) is 5.82 Å². The predicted octanol–water partition coefficient (Wildman–Crippen LogP) is 1.33. The fourth-order valence-corrected chi connectivity index (χ4v) is 1.68. The summed E-state index contributed by atoms with van der Waals surface area (Å²) in [6.45, 7) is 0. The quantitative estimate of drug-likeness (QED) is 0.621. The summed E-state index contributed by atoms with van der Waals surface area (Å²) in [5.41, 5.74) is 6.79. The van der Waals surface area contributed by atoms with Crippen LogP contribution in [0.25, 0.3) is 16.7 Å². The first-order valence-electron chi connectivity index (χ1n) is 4.56. The molecule has 74 valence electrons. The molecule has 0 spiro atoms. The third kappa shape index (κ3) is 1.10. The summed E-state index contributed by atoms with van der Waals surface area (Å²) < 4.78 is 1.99. The lowest BCUT2D eigenvalue weighted by atomic mass is 10.3. The van der Waals surface area contributed by atoms with Crippen LogP contribution in [0.5, 0.6) is 0 Å². The van der Waals surface area contributed by atoms with Gasteiger partial charge in [0.05, 0.1) is 18.0 Å². The van der Waals surface area contributed by atoms with Crippen molar-refractivity contribution in [3.05, 3.63) is 37.1 Å². The zero-order valence-corrected chi connectivity index (χ0v) is 7.88. The van der Waals surface area contributed by atoms with Gasteiger partial charge in [-0.2, -0.15) is 0 Å². The molecule has 0 bridgehead atoms. The van der Waals surface area contributed by atoms with Crippen LogP contribution in [0.1, 0.15) is 0 Å². The van der Waals surface area contributed by atoms with Crippen molar-refractivity contribution >= 4 is 16.7 Å². The molecule has 15 heavy (non-hydrogen) atoms. The van der Waals surface area contributed by atoms with Gasteiger partial charge in [-0.3, -0.25) is 0 Å². The fraction of sp³-hybridized carbons (Fsp3) is 0. The van der Waals surface area contributed by atoms with Gasteiger partial charge < -0.3 is 15.3 Å². The molecule has 0 amide bonds. The molecule has 0 saturated carbocycles. The van der Waals surface area contributed by atoms with Gasteiger partial charge in [-0.15, -0.1) is 0 Å². The van der Waals surface area contributed by atoms with E-state index in [4.69, 9.17) is 5.73 Å². The molecule has 3 heterocycles. The van der Waals surface area contributed by atoms with E-state index in [1.807, 2.05) is 22.9 Å². The maximum absolute atomic E-state index is 5.77. The van der Waals surface area contributed by atoms with Crippen molar-refractivity contribution in [1.82, 2.24) is 19.5 Å². The third-order valence-corrected chi connectivity index (χ3v) is 2.39. The molecule has 0 aliphatic heterocycles. The highest BCUT2D eigenvalue weighted by atomic mass is 15.1. The van der Waals surface area contributed by atoms with E-state index < -0.39 is 0 Å². The number of pyridine rings is 1. The molecular weight excluding hydrogens is 190 g/mol. The van der Waals surface area contributed by atoms with Crippen LogP contribution < -0.4 is 5.73 Å². The molecular formula is C10H9N5. The van der Waals surface area contributed by atoms with Gasteiger partial charge in [0.1, 0.15) is 11.6 Å². The second kappa shape index (κ2) is 2.84. The Morgan fingerprint density at radius 3 is 3.07 bits per heavy atom. The lowest BCUT2D eigenvalue weighted by Gasteiger charge is -2.01. The molecule has 0 aliphatic rings. The van der Waals surface area contributed by atoms with Crippen molar-refractivity contribution in [1.29, 1.82) is 0 Å². The van der Waals surface area contributed by atoms with Crippen molar-refractivity contribution in [2.45, 2.75) is 0 Å². The van der Waals surface area contributed by atoms with Gasteiger partial charge in [-0.1, -0.05) is 0 Å². The minimum Gasteiger partial charge on any atom is -0.383 e. The van der Waals surface area contributed by atoms with E-state index in [2.05, 4.69) is 15.0 Å². The van der Waals surface area contributed by atoms with Gasteiger partial charge >= 0.3 is 0 Å². The first-order chi connectivity index (χ1) is 7.36. The van der Waals surface area contributed by atoms with Gasteiger partial charge in [-0.05, 0) is 12.1 Å². The minimum atomic E-state index is 0.547. The predicted molar refractivity (Wildman–Crippen MR) is 57.6 cm³/mol. The van der Waals surface area contributed by atoms with E-state index in [0.29, 0.717) is 5.82 Å². The van der Waals surface area contributed by atoms with Crippen LogP contribution in [0.3, 0.4) is 0 Å². The number of hydrogen-bond acceptors (Lipinski definition) is 3. The van der Waals surface area contributed by atoms with Gasteiger partial charge in [0.25, 0.3) is 0 Å². The van der Waals surface area contributed by atoms with E-state index in [1.54, 1.807) is 18.7 Å². The van der Waals surface area contributed by atoms with E-state index in [-0.39, 0.29) is 0 Å². The summed E-state index contributed by atoms with van der Waals surface area (Å²) in [7, 11) is 0. The molecule has 0 radical (unpaired) electrons. The van der Waals surface area contributed by atoms with E-state index >= 15 is 0 Å². The van der Waals surface area contributed by atoms with Crippen LogP contribution >= 0.6 is 0 Å². The van der Waals surface area contributed by atoms with Crippen molar-refractivity contribution in [3.63, 3.8) is 0 Å². The lowest BCUT2D eigenvalue weighted by Crippen LogP contribution is -1.94. The number of anilines is 1. The van der Waals surface area contributed by atoms with E-state index in [9.17, 15) is 0 Å². The van der Waals surface area contributed by atoms with Crippen molar-refractivity contribution < 1.29 is 0 Å². The Bertz CT molecular complexity index is 593. The molecule has 3 rings (SSSR count). The van der Waals surface area contributed by atoms with E-state index in [1.165, 1.54) is 0 Å². The number of nitrogen functional groups attached to an aromatic ring is 1. The van der Waals surface area contributed by atoms with E-state index in [0.717, 1.165) is 16.7 Å². The molecule has 0 aliphatic carbocycles. The number of imidazole rings is 1. The highest BCUT2D eigenvalue weighted by molar-refractivity contribution is 5.89.